The van der Waals surface area contributed by atoms with Crippen LogP contribution in [-0.2, 0) is 0 Å². The first kappa shape index (κ1) is 8.85. The van der Waals surface area contributed by atoms with Crippen molar-refractivity contribution in [2.75, 3.05) is 0 Å². The molecule has 0 saturated heterocycles. The van der Waals surface area contributed by atoms with Crippen LogP contribution in [0.1, 0.15) is 24.5 Å². The predicted molar refractivity (Wildman–Crippen MR) is 52.1 cm³/mol. The summed E-state index contributed by atoms with van der Waals surface area (Å²) in [6.45, 7) is 4.09. The van der Waals surface area contributed by atoms with Gasteiger partial charge in [-0.2, -0.15) is 0 Å². The molecule has 12 heavy (non-hydrogen) atoms. The number of aliphatic hydroxyl groups is 1. The lowest BCUT2D eigenvalue weighted by molar-refractivity contribution is 0.474. The van der Waals surface area contributed by atoms with Crippen molar-refractivity contribution in [3.8, 4) is 0 Å². The zero-order valence-corrected chi connectivity index (χ0v) is 7.54. The first-order valence-corrected chi connectivity index (χ1v) is 4.18. The molecule has 0 saturated carbocycles. The van der Waals surface area contributed by atoms with Gasteiger partial charge < -0.3 is 5.11 Å². The number of rotatable bonds is 2. The van der Waals surface area contributed by atoms with Crippen LogP contribution in [0.4, 0.5) is 0 Å². The van der Waals surface area contributed by atoms with Crippen molar-refractivity contribution in [2.24, 2.45) is 0 Å². The Kier molecular flexibility index (Phi) is 2.92. The van der Waals surface area contributed by atoms with Gasteiger partial charge in [0.2, 0.25) is 0 Å². The molecule has 0 heterocycles. The fraction of sp³-hybridized carbons (Fsp3) is 0.273. The van der Waals surface area contributed by atoms with E-state index in [9.17, 15) is 0 Å². The van der Waals surface area contributed by atoms with Gasteiger partial charge in [0.05, 0.1) is 6.26 Å². The van der Waals surface area contributed by atoms with Gasteiger partial charge in [-0.3, -0.25) is 0 Å². The molecule has 0 aliphatic carbocycles. The second kappa shape index (κ2) is 3.96. The molecule has 1 nitrogen and oxygen atoms in total. The Morgan fingerprint density at radius 2 is 2.08 bits per heavy atom. The number of hydrogen-bond donors (Lipinski definition) is 1. The monoisotopic (exact) mass is 162 g/mol. The third-order valence-corrected chi connectivity index (χ3v) is 2.03. The molecule has 0 amide bonds. The fourth-order valence-electron chi connectivity index (χ4n) is 1.28. The summed E-state index contributed by atoms with van der Waals surface area (Å²) in [7, 11) is 0. The summed E-state index contributed by atoms with van der Waals surface area (Å²) in [4.78, 5) is 0. The summed E-state index contributed by atoms with van der Waals surface area (Å²) in [6.07, 6.45) is 2.06. The van der Waals surface area contributed by atoms with Crippen molar-refractivity contribution in [3.63, 3.8) is 0 Å². The van der Waals surface area contributed by atoms with E-state index in [0.29, 0.717) is 0 Å². The topological polar surface area (TPSA) is 20.2 Å². The number of aryl methyl sites for hydroxylation is 1. The molecule has 0 atom stereocenters. The predicted octanol–water partition coefficient (Wildman–Crippen LogP) is 3.30. The molecular formula is C11H14O. The smallest absolute Gasteiger partial charge is 0.0829 e. The molecule has 0 aliphatic rings. The van der Waals surface area contributed by atoms with E-state index in [-0.39, 0.29) is 0 Å². The highest BCUT2D eigenvalue weighted by Gasteiger charge is 2.00. The van der Waals surface area contributed by atoms with Crippen LogP contribution >= 0.6 is 0 Å². The zero-order valence-electron chi connectivity index (χ0n) is 7.54. The van der Waals surface area contributed by atoms with Crippen LogP contribution in [0.25, 0.3) is 5.57 Å². The molecule has 0 unspecified atom stereocenters. The Labute approximate surface area is 73.4 Å². The Balaban J connectivity index is 3.10. The van der Waals surface area contributed by atoms with E-state index in [0.717, 1.165) is 17.6 Å². The SMILES string of the molecule is CC/C(=C/O)c1ccccc1C. The molecule has 1 aromatic rings. The summed E-state index contributed by atoms with van der Waals surface area (Å²) in [5.74, 6) is 0. The van der Waals surface area contributed by atoms with Gasteiger partial charge in [-0.1, -0.05) is 31.2 Å². The fourth-order valence-corrected chi connectivity index (χ4v) is 1.28. The summed E-state index contributed by atoms with van der Waals surface area (Å²) in [6, 6.07) is 8.07. The van der Waals surface area contributed by atoms with Gasteiger partial charge in [0, 0.05) is 0 Å². The van der Waals surface area contributed by atoms with Crippen molar-refractivity contribution in [3.05, 3.63) is 41.7 Å². The third-order valence-electron chi connectivity index (χ3n) is 2.03. The van der Waals surface area contributed by atoms with E-state index < -0.39 is 0 Å². The molecule has 0 aliphatic heterocycles. The van der Waals surface area contributed by atoms with E-state index in [1.807, 2.05) is 25.1 Å². The molecule has 1 aromatic carbocycles. The molecule has 0 bridgehead atoms. The summed E-state index contributed by atoms with van der Waals surface area (Å²) >= 11 is 0. The van der Waals surface area contributed by atoms with E-state index in [1.54, 1.807) is 0 Å². The van der Waals surface area contributed by atoms with Gasteiger partial charge in [0.25, 0.3) is 0 Å². The van der Waals surface area contributed by atoms with E-state index in [1.165, 1.54) is 11.8 Å². The Morgan fingerprint density at radius 3 is 2.58 bits per heavy atom. The number of hydrogen-bond acceptors (Lipinski definition) is 1. The van der Waals surface area contributed by atoms with Crippen LogP contribution in [0.3, 0.4) is 0 Å². The number of benzene rings is 1. The van der Waals surface area contributed by atoms with Crippen molar-refractivity contribution in [2.45, 2.75) is 20.3 Å². The van der Waals surface area contributed by atoms with Crippen LogP contribution < -0.4 is 0 Å². The first-order valence-electron chi connectivity index (χ1n) is 4.18. The van der Waals surface area contributed by atoms with E-state index in [2.05, 4.69) is 13.0 Å². The molecule has 0 fully saturated rings. The summed E-state index contributed by atoms with van der Waals surface area (Å²) in [5, 5.41) is 8.94. The molecule has 1 rings (SSSR count). The van der Waals surface area contributed by atoms with Crippen LogP contribution in [0.15, 0.2) is 30.5 Å². The van der Waals surface area contributed by atoms with Gasteiger partial charge in [-0.25, -0.2) is 0 Å². The van der Waals surface area contributed by atoms with E-state index >= 15 is 0 Å². The van der Waals surface area contributed by atoms with Crippen molar-refractivity contribution < 1.29 is 5.11 Å². The highest BCUT2D eigenvalue weighted by molar-refractivity contribution is 5.66. The second-order valence-electron chi connectivity index (χ2n) is 2.82. The third kappa shape index (κ3) is 1.67. The van der Waals surface area contributed by atoms with Crippen molar-refractivity contribution in [1.82, 2.24) is 0 Å². The first-order chi connectivity index (χ1) is 5.79. The minimum Gasteiger partial charge on any atom is -0.515 e. The average molecular weight is 162 g/mol. The normalized spacial score (nSPS) is 11.7. The van der Waals surface area contributed by atoms with Crippen molar-refractivity contribution >= 4 is 5.57 Å². The van der Waals surface area contributed by atoms with Gasteiger partial charge in [0.15, 0.2) is 0 Å². The molecule has 0 spiro atoms. The minimum atomic E-state index is 0.862. The quantitative estimate of drug-likeness (QED) is 0.661. The minimum absolute atomic E-state index is 0.862. The van der Waals surface area contributed by atoms with Crippen LogP contribution in [0.5, 0.6) is 0 Å². The lowest BCUT2D eigenvalue weighted by Gasteiger charge is -2.06. The van der Waals surface area contributed by atoms with Gasteiger partial charge in [-0.05, 0) is 30.0 Å². The maximum absolute atomic E-state index is 8.94. The molecule has 1 heteroatoms. The van der Waals surface area contributed by atoms with Gasteiger partial charge in [-0.15, -0.1) is 0 Å². The molecule has 0 radical (unpaired) electrons. The average Bonchev–Trinajstić information content (AvgIpc) is 2.10. The maximum atomic E-state index is 8.94. The van der Waals surface area contributed by atoms with Crippen molar-refractivity contribution in [1.29, 1.82) is 0 Å². The largest absolute Gasteiger partial charge is 0.515 e. The zero-order chi connectivity index (χ0) is 8.97. The standard InChI is InChI=1S/C11H14O/c1-3-10(8-12)11-7-5-4-6-9(11)2/h4-8,12H,3H2,1-2H3/b10-8-. The molecule has 0 aromatic heterocycles. The molecule has 1 N–H and O–H groups in total. The van der Waals surface area contributed by atoms with Gasteiger partial charge in [0.1, 0.15) is 0 Å². The number of aliphatic hydroxyl groups excluding tert-OH is 1. The highest BCUT2D eigenvalue weighted by Crippen LogP contribution is 2.20. The van der Waals surface area contributed by atoms with Crippen LogP contribution in [0, 0.1) is 6.92 Å². The molecule has 64 valence electrons. The Bertz CT molecular complexity index is 287. The lowest BCUT2D eigenvalue weighted by atomic mass is 10.0. The highest BCUT2D eigenvalue weighted by atomic mass is 16.2. The Morgan fingerprint density at radius 1 is 1.42 bits per heavy atom. The summed E-state index contributed by atoms with van der Waals surface area (Å²) in [5.41, 5.74) is 3.34. The van der Waals surface area contributed by atoms with E-state index in [4.69, 9.17) is 5.11 Å². The van der Waals surface area contributed by atoms with Crippen LogP contribution in [0.2, 0.25) is 0 Å². The van der Waals surface area contributed by atoms with Crippen LogP contribution in [-0.4, -0.2) is 5.11 Å². The summed E-state index contributed by atoms with van der Waals surface area (Å²) < 4.78 is 0. The second-order valence-corrected chi connectivity index (χ2v) is 2.82. The maximum Gasteiger partial charge on any atom is 0.0829 e. The van der Waals surface area contributed by atoms with Gasteiger partial charge >= 0.3 is 0 Å². The molecular weight excluding hydrogens is 148 g/mol. The Hall–Kier alpha value is -1.24. The number of allylic oxidation sites excluding steroid dienone is 1. The lowest BCUT2D eigenvalue weighted by Crippen LogP contribution is -1.86.